The summed E-state index contributed by atoms with van der Waals surface area (Å²) in [6.45, 7) is 3.57. The van der Waals surface area contributed by atoms with Gasteiger partial charge in [-0.25, -0.2) is 0 Å². The second kappa shape index (κ2) is 6.59. The third-order valence-corrected chi connectivity index (χ3v) is 4.94. The van der Waals surface area contributed by atoms with E-state index in [-0.39, 0.29) is 10.8 Å². The lowest BCUT2D eigenvalue weighted by molar-refractivity contribution is 0.341. The zero-order valence-electron chi connectivity index (χ0n) is 11.5. The van der Waals surface area contributed by atoms with Crippen LogP contribution < -0.4 is 0 Å². The molecule has 0 aliphatic carbocycles. The smallest absolute Gasteiger partial charge is 0.283 e. The number of halogens is 1. The van der Waals surface area contributed by atoms with Gasteiger partial charge in [0.25, 0.3) is 10.0 Å². The first-order valence-corrected chi connectivity index (χ1v) is 8.72. The average Bonchev–Trinajstić information content (AvgIpc) is 2.46. The molecule has 0 amide bonds. The van der Waals surface area contributed by atoms with Gasteiger partial charge in [0.05, 0.1) is 10.8 Å². The maximum atomic E-state index is 12.3. The number of alkyl halides is 1. The van der Waals surface area contributed by atoms with Crippen molar-refractivity contribution in [3.05, 3.63) is 29.8 Å². The van der Waals surface area contributed by atoms with Gasteiger partial charge in [-0.1, -0.05) is 17.7 Å². The summed E-state index contributed by atoms with van der Waals surface area (Å²) < 4.78 is 28.5. The van der Waals surface area contributed by atoms with Crippen molar-refractivity contribution in [3.63, 3.8) is 0 Å². The van der Waals surface area contributed by atoms with Gasteiger partial charge in [0.15, 0.2) is 0 Å². The van der Waals surface area contributed by atoms with Gasteiger partial charge >= 0.3 is 0 Å². The van der Waals surface area contributed by atoms with Gasteiger partial charge in [-0.05, 0) is 38.3 Å². The monoisotopic (exact) mass is 314 g/mol. The van der Waals surface area contributed by atoms with Crippen molar-refractivity contribution in [1.82, 2.24) is 4.90 Å². The predicted molar refractivity (Wildman–Crippen MR) is 81.9 cm³/mol. The van der Waals surface area contributed by atoms with Gasteiger partial charge in [0, 0.05) is 13.1 Å². The number of nitrogens with zero attached hydrogens (tertiary/aromatic N) is 2. The average molecular weight is 315 g/mol. The molecule has 1 heterocycles. The molecule has 0 radical (unpaired) electrons. The topological polar surface area (TPSA) is 49.7 Å². The molecule has 0 bridgehead atoms. The summed E-state index contributed by atoms with van der Waals surface area (Å²) in [5, 5.41) is 0. The van der Waals surface area contributed by atoms with E-state index in [1.165, 1.54) is 6.42 Å². The Kier molecular flexibility index (Phi) is 5.05. The number of benzene rings is 1. The number of piperidine rings is 1. The van der Waals surface area contributed by atoms with Crippen LogP contribution in [-0.2, 0) is 10.0 Å². The van der Waals surface area contributed by atoms with E-state index < -0.39 is 10.0 Å². The van der Waals surface area contributed by atoms with Crippen LogP contribution in [0.4, 0.5) is 0 Å². The lowest BCUT2D eigenvalue weighted by Crippen LogP contribution is -2.37. The molecular formula is C14H19ClN2O2S. The van der Waals surface area contributed by atoms with Gasteiger partial charge in [0.2, 0.25) is 0 Å². The molecule has 0 N–H and O–H groups in total. The summed E-state index contributed by atoms with van der Waals surface area (Å²) >= 11 is 5.88. The largest absolute Gasteiger partial charge is 0.358 e. The molecule has 1 aliphatic rings. The molecule has 0 saturated carbocycles. The maximum Gasteiger partial charge on any atom is 0.283 e. The number of likely N-dealkylation sites (tertiary alicyclic amines) is 1. The van der Waals surface area contributed by atoms with Crippen LogP contribution in [0.15, 0.2) is 33.6 Å². The highest BCUT2D eigenvalue weighted by Gasteiger charge is 2.19. The predicted octanol–water partition coefficient (Wildman–Crippen LogP) is 2.81. The van der Waals surface area contributed by atoms with Crippen LogP contribution in [0, 0.1) is 6.92 Å². The van der Waals surface area contributed by atoms with Crippen molar-refractivity contribution in [1.29, 1.82) is 0 Å². The number of rotatable bonds is 3. The molecule has 1 aromatic carbocycles. The molecular weight excluding hydrogens is 296 g/mol. The normalized spacial score (nSPS) is 17.3. The van der Waals surface area contributed by atoms with E-state index in [1.54, 1.807) is 24.3 Å². The van der Waals surface area contributed by atoms with Crippen LogP contribution in [0.5, 0.6) is 0 Å². The van der Waals surface area contributed by atoms with Crippen LogP contribution in [0.3, 0.4) is 0 Å². The Bertz CT molecular complexity index is 576. The van der Waals surface area contributed by atoms with E-state index in [2.05, 4.69) is 4.40 Å². The first kappa shape index (κ1) is 15.3. The van der Waals surface area contributed by atoms with Crippen molar-refractivity contribution < 1.29 is 8.42 Å². The van der Waals surface area contributed by atoms with E-state index in [0.29, 0.717) is 5.84 Å². The Morgan fingerprint density at radius 2 is 1.80 bits per heavy atom. The minimum absolute atomic E-state index is 0.116. The Labute approximate surface area is 125 Å². The molecule has 20 heavy (non-hydrogen) atoms. The molecule has 0 aromatic heterocycles. The minimum Gasteiger partial charge on any atom is -0.358 e. The summed E-state index contributed by atoms with van der Waals surface area (Å²) in [4.78, 5) is 2.19. The third kappa shape index (κ3) is 3.73. The molecule has 1 aliphatic heterocycles. The van der Waals surface area contributed by atoms with E-state index >= 15 is 0 Å². The SMILES string of the molecule is Cc1ccc(S(=O)(=O)/N=C(/CCl)N2CCCCC2)cc1. The van der Waals surface area contributed by atoms with E-state index in [1.807, 2.05) is 11.8 Å². The second-order valence-corrected chi connectivity index (χ2v) is 6.85. The third-order valence-electron chi connectivity index (χ3n) is 3.39. The van der Waals surface area contributed by atoms with Gasteiger partial charge in [-0.3, -0.25) is 0 Å². The minimum atomic E-state index is -3.68. The van der Waals surface area contributed by atoms with Crippen molar-refractivity contribution in [3.8, 4) is 0 Å². The summed E-state index contributed by atoms with van der Waals surface area (Å²) in [5.41, 5.74) is 1.02. The summed E-state index contributed by atoms with van der Waals surface area (Å²) in [7, 11) is -3.68. The molecule has 4 nitrogen and oxygen atoms in total. The molecule has 0 atom stereocenters. The lowest BCUT2D eigenvalue weighted by Gasteiger charge is -2.28. The van der Waals surface area contributed by atoms with Gasteiger partial charge in [-0.2, -0.15) is 8.42 Å². The lowest BCUT2D eigenvalue weighted by atomic mass is 10.1. The van der Waals surface area contributed by atoms with E-state index in [0.717, 1.165) is 31.5 Å². The van der Waals surface area contributed by atoms with Crippen LogP contribution in [0.1, 0.15) is 24.8 Å². The van der Waals surface area contributed by atoms with Crippen LogP contribution in [0.2, 0.25) is 0 Å². The number of sulfonamides is 1. The molecule has 110 valence electrons. The molecule has 0 spiro atoms. The highest BCUT2D eigenvalue weighted by atomic mass is 35.5. The molecule has 0 unspecified atom stereocenters. The van der Waals surface area contributed by atoms with Gasteiger partial charge in [-0.15, -0.1) is 16.0 Å². The highest BCUT2D eigenvalue weighted by Crippen LogP contribution is 2.16. The van der Waals surface area contributed by atoms with Gasteiger partial charge < -0.3 is 4.90 Å². The number of hydrogen-bond donors (Lipinski definition) is 0. The summed E-state index contributed by atoms with van der Waals surface area (Å²) in [6, 6.07) is 6.69. The summed E-state index contributed by atoms with van der Waals surface area (Å²) in [6.07, 6.45) is 3.29. The van der Waals surface area contributed by atoms with E-state index in [9.17, 15) is 8.42 Å². The second-order valence-electron chi connectivity index (χ2n) is 4.98. The van der Waals surface area contributed by atoms with Crippen LogP contribution >= 0.6 is 11.6 Å². The molecule has 2 rings (SSSR count). The molecule has 1 saturated heterocycles. The Balaban J connectivity index is 2.27. The Hall–Kier alpha value is -1.07. The Morgan fingerprint density at radius 3 is 2.35 bits per heavy atom. The molecule has 1 fully saturated rings. The fraction of sp³-hybridized carbons (Fsp3) is 0.500. The van der Waals surface area contributed by atoms with Crippen molar-refractivity contribution >= 4 is 27.5 Å². The Morgan fingerprint density at radius 1 is 1.20 bits per heavy atom. The summed E-state index contributed by atoms with van der Waals surface area (Å²) in [5.74, 6) is 0.567. The fourth-order valence-electron chi connectivity index (χ4n) is 2.22. The highest BCUT2D eigenvalue weighted by molar-refractivity contribution is 7.90. The molecule has 6 heteroatoms. The quantitative estimate of drug-likeness (QED) is 0.490. The first-order valence-electron chi connectivity index (χ1n) is 6.74. The van der Waals surface area contributed by atoms with Gasteiger partial charge in [0.1, 0.15) is 5.84 Å². The molecule has 1 aromatic rings. The maximum absolute atomic E-state index is 12.3. The van der Waals surface area contributed by atoms with Crippen molar-refractivity contribution in [2.24, 2.45) is 4.40 Å². The van der Waals surface area contributed by atoms with E-state index in [4.69, 9.17) is 11.6 Å². The van der Waals surface area contributed by atoms with Crippen molar-refractivity contribution in [2.45, 2.75) is 31.1 Å². The number of hydrogen-bond acceptors (Lipinski definition) is 2. The number of amidine groups is 1. The number of aryl methyl sites for hydroxylation is 1. The zero-order chi connectivity index (χ0) is 14.6. The standard InChI is InChI=1S/C14H19ClN2O2S/c1-12-5-7-13(8-6-12)20(18,19)16-14(11-15)17-9-3-2-4-10-17/h5-8H,2-4,9-11H2,1H3/b16-14-. The van der Waals surface area contributed by atoms with Crippen LogP contribution in [-0.4, -0.2) is 38.1 Å². The van der Waals surface area contributed by atoms with Crippen LogP contribution in [0.25, 0.3) is 0 Å². The zero-order valence-corrected chi connectivity index (χ0v) is 13.1. The fourth-order valence-corrected chi connectivity index (χ4v) is 3.56. The van der Waals surface area contributed by atoms with Crippen molar-refractivity contribution in [2.75, 3.05) is 19.0 Å². The first-order chi connectivity index (χ1) is 9.53.